The molecule has 0 bridgehead atoms. The standard InChI is InChI=1S/C16H20N2O2/c1-11-4-2-7-13(10-11)14-15(19)17-8-9-18(14)16(20)12-5-3-6-12/h2,4,7,10,12,14H,3,5-6,8-9H2,1H3,(H,17,19). The quantitative estimate of drug-likeness (QED) is 0.892. The summed E-state index contributed by atoms with van der Waals surface area (Å²) in [7, 11) is 0. The Morgan fingerprint density at radius 1 is 1.35 bits per heavy atom. The van der Waals surface area contributed by atoms with Crippen LogP contribution >= 0.6 is 0 Å². The van der Waals surface area contributed by atoms with Gasteiger partial charge in [-0.3, -0.25) is 9.59 Å². The molecule has 20 heavy (non-hydrogen) atoms. The monoisotopic (exact) mass is 272 g/mol. The molecule has 1 atom stereocenters. The van der Waals surface area contributed by atoms with E-state index in [2.05, 4.69) is 5.32 Å². The molecular weight excluding hydrogens is 252 g/mol. The van der Waals surface area contributed by atoms with E-state index >= 15 is 0 Å². The second-order valence-corrected chi connectivity index (χ2v) is 5.77. The van der Waals surface area contributed by atoms with Gasteiger partial charge in [0.15, 0.2) is 0 Å². The van der Waals surface area contributed by atoms with Crippen LogP contribution < -0.4 is 5.32 Å². The highest BCUT2D eigenvalue weighted by atomic mass is 16.2. The lowest BCUT2D eigenvalue weighted by atomic mass is 9.83. The Hall–Kier alpha value is -1.84. The zero-order chi connectivity index (χ0) is 14.1. The molecule has 1 aliphatic carbocycles. The highest BCUT2D eigenvalue weighted by Crippen LogP contribution is 2.32. The van der Waals surface area contributed by atoms with Crippen molar-refractivity contribution in [2.75, 3.05) is 13.1 Å². The van der Waals surface area contributed by atoms with Crippen molar-refractivity contribution in [3.8, 4) is 0 Å². The zero-order valence-electron chi connectivity index (χ0n) is 11.8. The van der Waals surface area contributed by atoms with Crippen LogP contribution in [0.25, 0.3) is 0 Å². The van der Waals surface area contributed by atoms with Gasteiger partial charge in [-0.05, 0) is 25.3 Å². The molecule has 1 aromatic carbocycles. The van der Waals surface area contributed by atoms with Gasteiger partial charge in [0.1, 0.15) is 6.04 Å². The lowest BCUT2D eigenvalue weighted by molar-refractivity contribution is -0.148. The number of carbonyl (C=O) groups is 2. The Kier molecular flexibility index (Phi) is 3.47. The Labute approximate surface area is 119 Å². The van der Waals surface area contributed by atoms with Crippen molar-refractivity contribution in [3.05, 3.63) is 35.4 Å². The summed E-state index contributed by atoms with van der Waals surface area (Å²) in [5.41, 5.74) is 2.02. The number of rotatable bonds is 2. The van der Waals surface area contributed by atoms with Crippen LogP contribution in [-0.4, -0.2) is 29.8 Å². The number of aryl methyl sites for hydroxylation is 1. The van der Waals surface area contributed by atoms with E-state index in [1.807, 2.05) is 31.2 Å². The van der Waals surface area contributed by atoms with E-state index in [1.165, 1.54) is 0 Å². The predicted octanol–water partition coefficient (Wildman–Crippen LogP) is 1.79. The molecule has 1 aliphatic heterocycles. The van der Waals surface area contributed by atoms with Gasteiger partial charge in [-0.25, -0.2) is 0 Å². The molecule has 2 amide bonds. The van der Waals surface area contributed by atoms with Crippen LogP contribution in [0.2, 0.25) is 0 Å². The highest BCUT2D eigenvalue weighted by molar-refractivity contribution is 5.90. The molecule has 4 heteroatoms. The van der Waals surface area contributed by atoms with Gasteiger partial charge in [-0.2, -0.15) is 0 Å². The summed E-state index contributed by atoms with van der Waals surface area (Å²) >= 11 is 0. The van der Waals surface area contributed by atoms with Crippen LogP contribution in [0.15, 0.2) is 24.3 Å². The molecule has 2 fully saturated rings. The summed E-state index contributed by atoms with van der Waals surface area (Å²) in [5, 5.41) is 2.88. The van der Waals surface area contributed by atoms with Crippen LogP contribution in [0.1, 0.15) is 36.4 Å². The number of piperazine rings is 1. The summed E-state index contributed by atoms with van der Waals surface area (Å²) in [6, 6.07) is 7.41. The van der Waals surface area contributed by atoms with Crippen LogP contribution in [0.3, 0.4) is 0 Å². The van der Waals surface area contributed by atoms with Crippen molar-refractivity contribution in [2.24, 2.45) is 5.92 Å². The van der Waals surface area contributed by atoms with Crippen LogP contribution in [0.5, 0.6) is 0 Å². The Morgan fingerprint density at radius 2 is 2.15 bits per heavy atom. The molecule has 106 valence electrons. The molecule has 1 saturated heterocycles. The van der Waals surface area contributed by atoms with Crippen LogP contribution in [0.4, 0.5) is 0 Å². The third kappa shape index (κ3) is 2.30. The number of hydrogen-bond donors (Lipinski definition) is 1. The average Bonchev–Trinajstić information content (AvgIpc) is 2.36. The number of nitrogens with zero attached hydrogens (tertiary/aromatic N) is 1. The first-order valence-corrected chi connectivity index (χ1v) is 7.31. The van der Waals surface area contributed by atoms with Gasteiger partial charge in [-0.15, -0.1) is 0 Å². The van der Waals surface area contributed by atoms with E-state index in [1.54, 1.807) is 4.90 Å². The third-order valence-corrected chi connectivity index (χ3v) is 4.31. The minimum Gasteiger partial charge on any atom is -0.352 e. The smallest absolute Gasteiger partial charge is 0.247 e. The van der Waals surface area contributed by atoms with Gasteiger partial charge >= 0.3 is 0 Å². The normalized spacial score (nSPS) is 23.1. The van der Waals surface area contributed by atoms with Gasteiger partial charge in [-0.1, -0.05) is 36.2 Å². The van der Waals surface area contributed by atoms with Crippen molar-refractivity contribution < 1.29 is 9.59 Å². The average molecular weight is 272 g/mol. The van der Waals surface area contributed by atoms with Gasteiger partial charge < -0.3 is 10.2 Å². The number of benzene rings is 1. The summed E-state index contributed by atoms with van der Waals surface area (Å²) in [6.45, 7) is 3.17. The molecule has 1 N–H and O–H groups in total. The fourth-order valence-corrected chi connectivity index (χ4v) is 2.97. The van der Waals surface area contributed by atoms with Gasteiger partial charge in [0.2, 0.25) is 11.8 Å². The van der Waals surface area contributed by atoms with E-state index < -0.39 is 6.04 Å². The van der Waals surface area contributed by atoms with Crippen LogP contribution in [0, 0.1) is 12.8 Å². The van der Waals surface area contributed by atoms with Gasteiger partial charge in [0.05, 0.1) is 0 Å². The maximum absolute atomic E-state index is 12.5. The second kappa shape index (κ2) is 5.27. The number of amides is 2. The van der Waals surface area contributed by atoms with Crippen molar-refractivity contribution in [1.82, 2.24) is 10.2 Å². The largest absolute Gasteiger partial charge is 0.352 e. The minimum atomic E-state index is -0.461. The fourth-order valence-electron chi connectivity index (χ4n) is 2.97. The number of nitrogens with one attached hydrogen (secondary N) is 1. The zero-order valence-corrected chi connectivity index (χ0v) is 11.8. The predicted molar refractivity (Wildman–Crippen MR) is 76.0 cm³/mol. The molecule has 1 unspecified atom stereocenters. The summed E-state index contributed by atoms with van der Waals surface area (Å²) in [4.78, 5) is 26.6. The molecule has 1 saturated carbocycles. The first-order chi connectivity index (χ1) is 9.66. The second-order valence-electron chi connectivity index (χ2n) is 5.77. The van der Waals surface area contributed by atoms with Crippen molar-refractivity contribution in [1.29, 1.82) is 0 Å². The molecule has 0 radical (unpaired) electrons. The lowest BCUT2D eigenvalue weighted by Gasteiger charge is -2.39. The SMILES string of the molecule is Cc1cccc(C2C(=O)NCCN2C(=O)C2CCC2)c1. The van der Waals surface area contributed by atoms with Gasteiger partial charge in [0.25, 0.3) is 0 Å². The maximum atomic E-state index is 12.5. The number of carbonyl (C=O) groups excluding carboxylic acids is 2. The lowest BCUT2D eigenvalue weighted by Crippen LogP contribution is -2.54. The van der Waals surface area contributed by atoms with E-state index in [9.17, 15) is 9.59 Å². The van der Waals surface area contributed by atoms with E-state index in [0.717, 1.165) is 30.4 Å². The summed E-state index contributed by atoms with van der Waals surface area (Å²) in [6.07, 6.45) is 3.07. The van der Waals surface area contributed by atoms with Crippen molar-refractivity contribution in [3.63, 3.8) is 0 Å². The fraction of sp³-hybridized carbons (Fsp3) is 0.500. The Balaban J connectivity index is 1.90. The molecule has 2 aliphatic rings. The molecule has 1 aromatic rings. The summed E-state index contributed by atoms with van der Waals surface area (Å²) in [5.74, 6) is 0.223. The van der Waals surface area contributed by atoms with Crippen LogP contribution in [-0.2, 0) is 9.59 Å². The van der Waals surface area contributed by atoms with Gasteiger partial charge in [0, 0.05) is 19.0 Å². The minimum absolute atomic E-state index is 0.0606. The Morgan fingerprint density at radius 3 is 2.80 bits per heavy atom. The van der Waals surface area contributed by atoms with E-state index in [0.29, 0.717) is 13.1 Å². The molecule has 0 spiro atoms. The topological polar surface area (TPSA) is 49.4 Å². The van der Waals surface area contributed by atoms with Crippen molar-refractivity contribution in [2.45, 2.75) is 32.2 Å². The van der Waals surface area contributed by atoms with E-state index in [-0.39, 0.29) is 17.7 Å². The summed E-state index contributed by atoms with van der Waals surface area (Å²) < 4.78 is 0. The van der Waals surface area contributed by atoms with E-state index in [4.69, 9.17) is 0 Å². The van der Waals surface area contributed by atoms with Crippen molar-refractivity contribution >= 4 is 11.8 Å². The first kappa shape index (κ1) is 13.2. The molecule has 4 nitrogen and oxygen atoms in total. The highest BCUT2D eigenvalue weighted by Gasteiger charge is 2.38. The third-order valence-electron chi connectivity index (χ3n) is 4.31. The molecule has 1 heterocycles. The maximum Gasteiger partial charge on any atom is 0.247 e. The first-order valence-electron chi connectivity index (χ1n) is 7.31. The molecule has 0 aromatic heterocycles. The Bertz CT molecular complexity index is 537. The molecule has 3 rings (SSSR count). The molecular formula is C16H20N2O2. The number of hydrogen-bond acceptors (Lipinski definition) is 2.